The predicted octanol–water partition coefficient (Wildman–Crippen LogP) is 1.23. The van der Waals surface area contributed by atoms with Gasteiger partial charge in [0.15, 0.2) is 0 Å². The summed E-state index contributed by atoms with van der Waals surface area (Å²) in [6.07, 6.45) is -0.792. The van der Waals surface area contributed by atoms with Crippen molar-refractivity contribution in [2.45, 2.75) is 13.0 Å². The van der Waals surface area contributed by atoms with Gasteiger partial charge >= 0.3 is 0 Å². The van der Waals surface area contributed by atoms with Crippen molar-refractivity contribution in [2.75, 3.05) is 5.73 Å². The van der Waals surface area contributed by atoms with E-state index in [2.05, 4.69) is 0 Å². The van der Waals surface area contributed by atoms with Crippen LogP contribution in [0.5, 0.6) is 0 Å². The van der Waals surface area contributed by atoms with E-state index in [1.165, 1.54) is 19.1 Å². The van der Waals surface area contributed by atoms with Crippen LogP contribution in [0.25, 0.3) is 0 Å². The Balaban J connectivity index is 3.26. The Morgan fingerprint density at radius 2 is 2.23 bits per heavy atom. The van der Waals surface area contributed by atoms with Crippen LogP contribution in [0.1, 0.15) is 18.6 Å². The second kappa shape index (κ2) is 3.40. The van der Waals surface area contributed by atoms with Gasteiger partial charge in [-0.2, -0.15) is 0 Å². The molecule has 0 heterocycles. The topological polar surface area (TPSA) is 89.4 Å². The third-order valence-electron chi connectivity index (χ3n) is 1.76. The first-order valence-electron chi connectivity index (χ1n) is 3.75. The molecule has 3 N–H and O–H groups in total. The zero-order valence-electron chi connectivity index (χ0n) is 7.10. The highest BCUT2D eigenvalue weighted by molar-refractivity contribution is 5.63. The predicted molar refractivity (Wildman–Crippen MR) is 48.1 cm³/mol. The Hall–Kier alpha value is -1.62. The number of aliphatic hydroxyl groups is 1. The van der Waals surface area contributed by atoms with Crippen LogP contribution in [0.2, 0.25) is 0 Å². The van der Waals surface area contributed by atoms with Crippen molar-refractivity contribution < 1.29 is 10.0 Å². The Morgan fingerprint density at radius 3 is 2.69 bits per heavy atom. The molecule has 0 spiro atoms. The van der Waals surface area contributed by atoms with E-state index in [0.29, 0.717) is 5.56 Å². The van der Waals surface area contributed by atoms with Crippen LogP contribution in [0.3, 0.4) is 0 Å². The highest BCUT2D eigenvalue weighted by atomic mass is 16.6. The minimum atomic E-state index is -0.792. The van der Waals surface area contributed by atoms with Gasteiger partial charge in [-0.05, 0) is 6.92 Å². The summed E-state index contributed by atoms with van der Waals surface area (Å²) in [4.78, 5) is 9.87. The summed E-state index contributed by atoms with van der Waals surface area (Å²) < 4.78 is 0. The molecule has 0 aliphatic carbocycles. The van der Waals surface area contributed by atoms with Crippen molar-refractivity contribution in [3.05, 3.63) is 33.9 Å². The molecule has 5 heteroatoms. The van der Waals surface area contributed by atoms with E-state index in [9.17, 15) is 15.2 Å². The first-order chi connectivity index (χ1) is 6.04. The Bertz CT molecular complexity index is 336. The molecule has 0 aliphatic rings. The fraction of sp³-hybridized carbons (Fsp3) is 0.250. The number of hydrogen-bond donors (Lipinski definition) is 2. The Kier molecular flexibility index (Phi) is 2.48. The molecule has 1 aromatic carbocycles. The lowest BCUT2D eigenvalue weighted by atomic mass is 10.1. The maximum Gasteiger partial charge on any atom is 0.292 e. The third-order valence-corrected chi connectivity index (χ3v) is 1.76. The van der Waals surface area contributed by atoms with E-state index >= 15 is 0 Å². The summed E-state index contributed by atoms with van der Waals surface area (Å²) in [6.45, 7) is 1.51. The molecule has 13 heavy (non-hydrogen) atoms. The smallest absolute Gasteiger partial charge is 0.292 e. The van der Waals surface area contributed by atoms with Gasteiger partial charge in [-0.1, -0.05) is 12.1 Å². The van der Waals surface area contributed by atoms with Crippen molar-refractivity contribution in [1.29, 1.82) is 0 Å². The van der Waals surface area contributed by atoms with Crippen LogP contribution in [0.15, 0.2) is 18.2 Å². The van der Waals surface area contributed by atoms with Gasteiger partial charge in [0.25, 0.3) is 5.69 Å². The molecule has 1 rings (SSSR count). The second-order valence-corrected chi connectivity index (χ2v) is 2.71. The number of rotatable bonds is 2. The van der Waals surface area contributed by atoms with Crippen LogP contribution in [-0.2, 0) is 0 Å². The molecule has 0 radical (unpaired) electrons. The van der Waals surface area contributed by atoms with E-state index in [1.54, 1.807) is 6.07 Å². The average Bonchev–Trinajstić information content (AvgIpc) is 2.03. The molecule has 0 bridgehead atoms. The van der Waals surface area contributed by atoms with Gasteiger partial charge in [0, 0.05) is 11.6 Å². The monoisotopic (exact) mass is 182 g/mol. The quantitative estimate of drug-likeness (QED) is 0.409. The number of benzene rings is 1. The van der Waals surface area contributed by atoms with Crippen molar-refractivity contribution in [1.82, 2.24) is 0 Å². The lowest BCUT2D eigenvalue weighted by molar-refractivity contribution is -0.384. The van der Waals surface area contributed by atoms with Crippen LogP contribution in [0, 0.1) is 10.1 Å². The number of hydrogen-bond acceptors (Lipinski definition) is 4. The lowest BCUT2D eigenvalue weighted by Crippen LogP contribution is -2.02. The largest absolute Gasteiger partial charge is 0.393 e. The third kappa shape index (κ3) is 1.75. The molecule has 1 aromatic rings. The summed E-state index contributed by atoms with van der Waals surface area (Å²) in [5.74, 6) is 0. The number of nitrogens with zero attached hydrogens (tertiary/aromatic N) is 1. The average molecular weight is 182 g/mol. The maximum absolute atomic E-state index is 10.4. The number of para-hydroxylation sites is 1. The molecule has 0 saturated heterocycles. The number of nitro benzene ring substituents is 1. The summed E-state index contributed by atoms with van der Waals surface area (Å²) >= 11 is 0. The SMILES string of the molecule is CC(O)c1cccc([N+](=O)[O-])c1N. The van der Waals surface area contributed by atoms with Crippen molar-refractivity contribution >= 4 is 11.4 Å². The summed E-state index contributed by atoms with van der Waals surface area (Å²) in [5.41, 5.74) is 5.73. The molecular formula is C8H10N2O3. The molecule has 0 aromatic heterocycles. The number of aliphatic hydroxyl groups excluding tert-OH is 1. The molecular weight excluding hydrogens is 172 g/mol. The number of nitrogens with two attached hydrogens (primary N) is 1. The van der Waals surface area contributed by atoms with E-state index < -0.39 is 11.0 Å². The molecule has 70 valence electrons. The maximum atomic E-state index is 10.4. The summed E-state index contributed by atoms with van der Waals surface area (Å²) in [7, 11) is 0. The molecule has 0 amide bonds. The van der Waals surface area contributed by atoms with Crippen molar-refractivity contribution in [2.24, 2.45) is 0 Å². The normalized spacial score (nSPS) is 12.5. The number of nitro groups is 1. The molecule has 5 nitrogen and oxygen atoms in total. The van der Waals surface area contributed by atoms with Crippen molar-refractivity contribution in [3.63, 3.8) is 0 Å². The van der Waals surface area contributed by atoms with E-state index in [-0.39, 0.29) is 11.4 Å². The van der Waals surface area contributed by atoms with E-state index in [4.69, 9.17) is 5.73 Å². The molecule has 1 atom stereocenters. The number of nitrogen functional groups attached to an aromatic ring is 1. The lowest BCUT2D eigenvalue weighted by Gasteiger charge is -2.07. The van der Waals surface area contributed by atoms with Crippen LogP contribution in [0.4, 0.5) is 11.4 Å². The van der Waals surface area contributed by atoms with Gasteiger partial charge < -0.3 is 10.8 Å². The highest BCUT2D eigenvalue weighted by Crippen LogP contribution is 2.28. The first-order valence-corrected chi connectivity index (χ1v) is 3.75. The van der Waals surface area contributed by atoms with Gasteiger partial charge in [0.2, 0.25) is 0 Å². The minimum absolute atomic E-state index is 0.0301. The first kappa shape index (κ1) is 9.47. The minimum Gasteiger partial charge on any atom is -0.393 e. The highest BCUT2D eigenvalue weighted by Gasteiger charge is 2.16. The zero-order chi connectivity index (χ0) is 10.0. The fourth-order valence-corrected chi connectivity index (χ4v) is 1.09. The second-order valence-electron chi connectivity index (χ2n) is 2.71. The van der Waals surface area contributed by atoms with E-state index in [0.717, 1.165) is 0 Å². The summed E-state index contributed by atoms with van der Waals surface area (Å²) in [5, 5.41) is 19.6. The standard InChI is InChI=1S/C8H10N2O3/c1-5(11)6-3-2-4-7(8(6)9)10(12)13/h2-5,11H,9H2,1H3. The van der Waals surface area contributed by atoms with Crippen LogP contribution >= 0.6 is 0 Å². The van der Waals surface area contributed by atoms with Gasteiger partial charge in [0.1, 0.15) is 5.69 Å². The van der Waals surface area contributed by atoms with Crippen LogP contribution in [-0.4, -0.2) is 10.0 Å². The molecule has 0 fully saturated rings. The Morgan fingerprint density at radius 1 is 1.62 bits per heavy atom. The summed E-state index contributed by atoms with van der Waals surface area (Å²) in [6, 6.07) is 4.37. The fourth-order valence-electron chi connectivity index (χ4n) is 1.09. The molecule has 0 aliphatic heterocycles. The van der Waals surface area contributed by atoms with Crippen LogP contribution < -0.4 is 5.73 Å². The van der Waals surface area contributed by atoms with Gasteiger partial charge in [0.05, 0.1) is 11.0 Å². The molecule has 0 saturated carbocycles. The van der Waals surface area contributed by atoms with Gasteiger partial charge in [-0.25, -0.2) is 0 Å². The number of anilines is 1. The zero-order valence-corrected chi connectivity index (χ0v) is 7.10. The van der Waals surface area contributed by atoms with Gasteiger partial charge in [-0.15, -0.1) is 0 Å². The van der Waals surface area contributed by atoms with Gasteiger partial charge in [-0.3, -0.25) is 10.1 Å². The molecule has 1 unspecified atom stereocenters. The van der Waals surface area contributed by atoms with E-state index in [1.807, 2.05) is 0 Å². The van der Waals surface area contributed by atoms with Crippen molar-refractivity contribution in [3.8, 4) is 0 Å². The Labute approximate surface area is 74.9 Å².